The van der Waals surface area contributed by atoms with Crippen molar-refractivity contribution in [3.63, 3.8) is 0 Å². The molecule has 0 aliphatic heterocycles. The maximum absolute atomic E-state index is 3.69. The van der Waals surface area contributed by atoms with E-state index in [-0.39, 0.29) is 0 Å². The Morgan fingerprint density at radius 1 is 0.417 bits per heavy atom. The van der Waals surface area contributed by atoms with E-state index in [9.17, 15) is 0 Å². The third-order valence-electron chi connectivity index (χ3n) is 5.31. The van der Waals surface area contributed by atoms with Gasteiger partial charge >= 0.3 is 0 Å². The molecule has 0 aliphatic rings. The van der Waals surface area contributed by atoms with Crippen LogP contribution >= 0.6 is 0 Å². The summed E-state index contributed by atoms with van der Waals surface area (Å²) in [7, 11) is 0. The average Bonchev–Trinajstić information content (AvgIpc) is 2.91. The topological polar surface area (TPSA) is 0 Å². The van der Waals surface area contributed by atoms with Gasteiger partial charge in [0.25, 0.3) is 0 Å². The van der Waals surface area contributed by atoms with E-state index in [1.165, 1.54) is 44.5 Å². The zero-order valence-corrected chi connectivity index (χ0v) is 22.4. The van der Waals surface area contributed by atoms with Crippen molar-refractivity contribution in [1.29, 1.82) is 0 Å². The highest BCUT2D eigenvalue weighted by Gasteiger charge is 1.87. The zero-order valence-electron chi connectivity index (χ0n) is 22.4. The molecule has 0 atom stereocenters. The van der Waals surface area contributed by atoms with Crippen molar-refractivity contribution >= 4 is 24.3 Å². The quantitative estimate of drug-likeness (QED) is 0.277. The van der Waals surface area contributed by atoms with Crippen molar-refractivity contribution in [2.45, 2.75) is 27.7 Å². The van der Waals surface area contributed by atoms with Crippen molar-refractivity contribution in [1.82, 2.24) is 0 Å². The van der Waals surface area contributed by atoms with E-state index >= 15 is 0 Å². The molecule has 0 bridgehead atoms. The molecule has 0 N–H and O–H groups in total. The molecule has 0 unspecified atom stereocenters. The van der Waals surface area contributed by atoms with Crippen molar-refractivity contribution < 1.29 is 0 Å². The molecule has 0 heterocycles. The molecule has 0 aliphatic carbocycles. The Morgan fingerprint density at radius 2 is 0.889 bits per heavy atom. The molecule has 0 saturated heterocycles. The monoisotopic (exact) mass is 472 g/mol. The lowest BCUT2D eigenvalue weighted by Gasteiger charge is -1.95. The second-order valence-corrected chi connectivity index (χ2v) is 8.41. The summed E-state index contributed by atoms with van der Waals surface area (Å²) in [5, 5.41) is 0. The molecule has 184 valence electrons. The van der Waals surface area contributed by atoms with Crippen molar-refractivity contribution in [2.75, 3.05) is 0 Å². The first-order chi connectivity index (χ1) is 17.3. The lowest BCUT2D eigenvalue weighted by molar-refractivity contribution is 1.45. The maximum atomic E-state index is 3.69. The molecule has 0 aromatic heterocycles. The van der Waals surface area contributed by atoms with Gasteiger partial charge < -0.3 is 0 Å². The van der Waals surface area contributed by atoms with Crippen molar-refractivity contribution in [3.05, 3.63) is 168 Å². The summed E-state index contributed by atoms with van der Waals surface area (Å²) in [6, 6.07) is 33.0. The Labute approximate surface area is 219 Å². The first-order valence-corrected chi connectivity index (χ1v) is 12.1. The summed E-state index contributed by atoms with van der Waals surface area (Å²) in [6.45, 7) is 23.0. The fourth-order valence-corrected chi connectivity index (χ4v) is 3.02. The van der Waals surface area contributed by atoms with Gasteiger partial charge in [0.2, 0.25) is 0 Å². The third kappa shape index (κ3) is 12.3. The Morgan fingerprint density at radius 3 is 1.22 bits per heavy atom. The van der Waals surface area contributed by atoms with E-state index in [4.69, 9.17) is 0 Å². The SMILES string of the molecule is C=Cc1ccc(C)cc1.C=Cc1ccc(C)cc1.C=Cc1cccc(C)c1.C=Cc1ccccc1C. The van der Waals surface area contributed by atoms with Crippen LogP contribution in [0.5, 0.6) is 0 Å². The Hall–Kier alpha value is -4.16. The molecule has 4 rings (SSSR count). The maximum Gasteiger partial charge on any atom is -0.0233 e. The molecule has 0 nitrogen and oxygen atoms in total. The van der Waals surface area contributed by atoms with E-state index in [1.54, 1.807) is 0 Å². The van der Waals surface area contributed by atoms with Gasteiger partial charge in [-0.1, -0.05) is 164 Å². The lowest BCUT2D eigenvalue weighted by atomic mass is 10.1. The van der Waals surface area contributed by atoms with Crippen LogP contribution in [0.25, 0.3) is 24.3 Å². The number of aryl methyl sites for hydroxylation is 4. The fourth-order valence-electron chi connectivity index (χ4n) is 3.02. The predicted octanol–water partition coefficient (Wildman–Crippen LogP) is 10.6. The van der Waals surface area contributed by atoms with Crippen LogP contribution in [0.3, 0.4) is 0 Å². The Balaban J connectivity index is 0.000000240. The van der Waals surface area contributed by atoms with Crippen LogP contribution in [0.15, 0.2) is 123 Å². The van der Waals surface area contributed by atoms with Gasteiger partial charge in [0.1, 0.15) is 0 Å². The van der Waals surface area contributed by atoms with Crippen LogP contribution in [-0.4, -0.2) is 0 Å². The highest BCUT2D eigenvalue weighted by molar-refractivity contribution is 5.51. The predicted molar refractivity (Wildman–Crippen MR) is 165 cm³/mol. The largest absolute Gasteiger partial charge is 0.0985 e. The molecule has 0 radical (unpaired) electrons. The second-order valence-electron chi connectivity index (χ2n) is 8.41. The second kappa shape index (κ2) is 17.3. The number of hydrogen-bond acceptors (Lipinski definition) is 0. The molecule has 36 heavy (non-hydrogen) atoms. The normalized spacial score (nSPS) is 9.00. The molecular weight excluding hydrogens is 432 g/mol. The summed E-state index contributed by atoms with van der Waals surface area (Å²) in [6.07, 6.45) is 7.42. The molecule has 4 aromatic rings. The molecule has 0 saturated carbocycles. The van der Waals surface area contributed by atoms with Gasteiger partial charge in [0, 0.05) is 0 Å². The number of hydrogen-bond donors (Lipinski definition) is 0. The van der Waals surface area contributed by atoms with Gasteiger partial charge in [-0.3, -0.25) is 0 Å². The van der Waals surface area contributed by atoms with Gasteiger partial charge in [-0.05, 0) is 55.5 Å². The van der Waals surface area contributed by atoms with E-state index in [1.807, 2.05) is 48.6 Å². The first-order valence-electron chi connectivity index (χ1n) is 12.1. The van der Waals surface area contributed by atoms with Gasteiger partial charge in [-0.2, -0.15) is 0 Å². The highest BCUT2D eigenvalue weighted by atomic mass is 13.9. The van der Waals surface area contributed by atoms with Gasteiger partial charge in [-0.15, -0.1) is 0 Å². The van der Waals surface area contributed by atoms with Gasteiger partial charge in [-0.25, -0.2) is 0 Å². The minimum absolute atomic E-state index is 1.18. The van der Waals surface area contributed by atoms with Crippen LogP contribution in [-0.2, 0) is 0 Å². The first kappa shape index (κ1) is 29.9. The van der Waals surface area contributed by atoms with Gasteiger partial charge in [0.05, 0.1) is 0 Å². The summed E-state index contributed by atoms with van der Waals surface area (Å²) >= 11 is 0. The van der Waals surface area contributed by atoms with Crippen LogP contribution in [0, 0.1) is 27.7 Å². The Bertz CT molecular complexity index is 1160. The van der Waals surface area contributed by atoms with Crippen molar-refractivity contribution in [3.8, 4) is 0 Å². The third-order valence-corrected chi connectivity index (χ3v) is 5.31. The molecule has 0 heteroatoms. The molecular formula is C36H40. The van der Waals surface area contributed by atoms with E-state index in [0.29, 0.717) is 0 Å². The summed E-state index contributed by atoms with van der Waals surface area (Å²) < 4.78 is 0. The van der Waals surface area contributed by atoms with Crippen LogP contribution in [0.2, 0.25) is 0 Å². The Kier molecular flexibility index (Phi) is 14.4. The van der Waals surface area contributed by atoms with E-state index in [0.717, 1.165) is 0 Å². The highest BCUT2D eigenvalue weighted by Crippen LogP contribution is 2.07. The summed E-state index contributed by atoms with van der Waals surface area (Å²) in [4.78, 5) is 0. The minimum atomic E-state index is 1.18. The zero-order chi connectivity index (χ0) is 26.8. The average molecular weight is 473 g/mol. The minimum Gasteiger partial charge on any atom is -0.0985 e. The van der Waals surface area contributed by atoms with Crippen molar-refractivity contribution in [2.24, 2.45) is 0 Å². The smallest absolute Gasteiger partial charge is 0.0233 e. The van der Waals surface area contributed by atoms with E-state index < -0.39 is 0 Å². The van der Waals surface area contributed by atoms with E-state index in [2.05, 4.69) is 127 Å². The van der Waals surface area contributed by atoms with Crippen LogP contribution in [0.1, 0.15) is 44.5 Å². The summed E-state index contributed by atoms with van der Waals surface area (Å²) in [5.74, 6) is 0. The molecule has 0 spiro atoms. The van der Waals surface area contributed by atoms with Crippen LogP contribution < -0.4 is 0 Å². The standard InChI is InChI=1S/4C9H10/c2*1-3-9-6-4-8(2)5-7-9;1-3-9-6-4-5-8(2)7-9;1-3-9-7-5-4-6-8(9)2/h4*3-7H,1H2,2H3. The molecule has 0 fully saturated rings. The number of rotatable bonds is 4. The number of benzene rings is 4. The fraction of sp³-hybridized carbons (Fsp3) is 0.111. The van der Waals surface area contributed by atoms with Gasteiger partial charge in [0.15, 0.2) is 0 Å². The summed E-state index contributed by atoms with van der Waals surface area (Å²) in [5.41, 5.74) is 9.93. The lowest BCUT2D eigenvalue weighted by Crippen LogP contribution is -1.75. The molecule has 0 amide bonds. The molecule has 4 aromatic carbocycles. The van der Waals surface area contributed by atoms with Crippen LogP contribution in [0.4, 0.5) is 0 Å².